The standard InChI is InChI=1S/C11H18F2N4O2/c1-3-19-6-10-16-8(14-2)4-9(17-10)15-5-7(18)11(12)13/h4,7,11,18H,3,5-6H2,1-2H3,(H2,14,15,16,17). The molecule has 0 radical (unpaired) electrons. The second-order valence-electron chi connectivity index (χ2n) is 3.72. The van der Waals surface area contributed by atoms with Crippen LogP contribution in [0.25, 0.3) is 0 Å². The van der Waals surface area contributed by atoms with Crippen molar-refractivity contribution in [2.24, 2.45) is 0 Å². The number of alkyl halides is 2. The minimum atomic E-state index is -2.79. The molecule has 0 fully saturated rings. The fraction of sp³-hybridized carbons (Fsp3) is 0.636. The van der Waals surface area contributed by atoms with Crippen LogP contribution in [0.1, 0.15) is 12.7 Å². The van der Waals surface area contributed by atoms with E-state index in [0.717, 1.165) is 0 Å². The zero-order valence-corrected chi connectivity index (χ0v) is 10.9. The van der Waals surface area contributed by atoms with Crippen LogP contribution in [0, 0.1) is 0 Å². The third-order valence-electron chi connectivity index (χ3n) is 2.25. The number of rotatable bonds is 8. The van der Waals surface area contributed by atoms with E-state index in [1.165, 1.54) is 0 Å². The highest BCUT2D eigenvalue weighted by Crippen LogP contribution is 2.12. The molecule has 0 spiro atoms. The van der Waals surface area contributed by atoms with Crippen LogP contribution in [0.3, 0.4) is 0 Å². The van der Waals surface area contributed by atoms with Gasteiger partial charge in [-0.25, -0.2) is 18.7 Å². The topological polar surface area (TPSA) is 79.3 Å². The first-order valence-corrected chi connectivity index (χ1v) is 5.90. The molecule has 0 saturated heterocycles. The van der Waals surface area contributed by atoms with E-state index in [9.17, 15) is 8.78 Å². The first kappa shape index (κ1) is 15.5. The largest absolute Gasteiger partial charge is 0.385 e. The molecule has 108 valence electrons. The molecule has 1 aromatic rings. The van der Waals surface area contributed by atoms with E-state index in [0.29, 0.717) is 24.1 Å². The maximum absolute atomic E-state index is 12.2. The number of hydrogen-bond acceptors (Lipinski definition) is 6. The molecular formula is C11H18F2N4O2. The SMILES string of the molecule is CCOCc1nc(NC)cc(NCC(O)C(F)F)n1. The fourth-order valence-electron chi connectivity index (χ4n) is 1.27. The monoisotopic (exact) mass is 276 g/mol. The zero-order chi connectivity index (χ0) is 14.3. The van der Waals surface area contributed by atoms with Crippen molar-refractivity contribution in [2.75, 3.05) is 30.8 Å². The maximum atomic E-state index is 12.2. The van der Waals surface area contributed by atoms with Crippen LogP contribution in [0.4, 0.5) is 20.4 Å². The lowest BCUT2D eigenvalue weighted by molar-refractivity contribution is 0.00380. The van der Waals surface area contributed by atoms with Crippen molar-refractivity contribution >= 4 is 11.6 Å². The fourth-order valence-corrected chi connectivity index (χ4v) is 1.27. The van der Waals surface area contributed by atoms with Crippen molar-refractivity contribution in [2.45, 2.75) is 26.1 Å². The Morgan fingerprint density at radius 1 is 1.37 bits per heavy atom. The zero-order valence-electron chi connectivity index (χ0n) is 10.9. The van der Waals surface area contributed by atoms with Gasteiger partial charge in [-0.2, -0.15) is 0 Å². The summed E-state index contributed by atoms with van der Waals surface area (Å²) in [5.41, 5.74) is 0. The third-order valence-corrected chi connectivity index (χ3v) is 2.25. The summed E-state index contributed by atoms with van der Waals surface area (Å²) in [5, 5.41) is 14.5. The van der Waals surface area contributed by atoms with Crippen LogP contribution >= 0.6 is 0 Å². The minimum absolute atomic E-state index is 0.234. The Balaban J connectivity index is 2.70. The van der Waals surface area contributed by atoms with Crippen LogP contribution < -0.4 is 10.6 Å². The molecule has 1 heterocycles. The predicted octanol–water partition coefficient (Wildman–Crippen LogP) is 1.09. The van der Waals surface area contributed by atoms with E-state index in [1.54, 1.807) is 13.1 Å². The lowest BCUT2D eigenvalue weighted by Crippen LogP contribution is -2.27. The van der Waals surface area contributed by atoms with E-state index in [2.05, 4.69) is 20.6 Å². The van der Waals surface area contributed by atoms with E-state index in [4.69, 9.17) is 9.84 Å². The Bertz CT molecular complexity index is 393. The molecule has 1 atom stereocenters. The van der Waals surface area contributed by atoms with Crippen molar-refractivity contribution in [1.29, 1.82) is 0 Å². The van der Waals surface area contributed by atoms with Gasteiger partial charge in [-0.05, 0) is 6.92 Å². The number of aliphatic hydroxyl groups excluding tert-OH is 1. The number of anilines is 2. The molecule has 0 saturated carbocycles. The summed E-state index contributed by atoms with van der Waals surface area (Å²) in [6, 6.07) is 1.56. The van der Waals surface area contributed by atoms with Crippen molar-refractivity contribution in [1.82, 2.24) is 9.97 Å². The van der Waals surface area contributed by atoms with Gasteiger partial charge in [0.25, 0.3) is 6.43 Å². The predicted molar refractivity (Wildman–Crippen MR) is 67.4 cm³/mol. The Morgan fingerprint density at radius 2 is 2.05 bits per heavy atom. The molecule has 1 aromatic heterocycles. The summed E-state index contributed by atoms with van der Waals surface area (Å²) < 4.78 is 29.5. The number of halogens is 2. The highest BCUT2D eigenvalue weighted by molar-refractivity contribution is 5.47. The molecule has 1 rings (SSSR count). The summed E-state index contributed by atoms with van der Waals surface area (Å²) in [5.74, 6) is 1.33. The highest BCUT2D eigenvalue weighted by Gasteiger charge is 2.16. The molecule has 0 amide bonds. The van der Waals surface area contributed by atoms with Gasteiger partial charge < -0.3 is 20.5 Å². The van der Waals surface area contributed by atoms with Crippen LogP contribution in [0.15, 0.2) is 6.07 Å². The Kier molecular flexibility index (Phi) is 6.37. The molecule has 0 aliphatic rings. The normalized spacial score (nSPS) is 12.5. The van der Waals surface area contributed by atoms with Gasteiger partial charge in [0.2, 0.25) is 0 Å². The molecule has 0 aromatic carbocycles. The van der Waals surface area contributed by atoms with E-state index < -0.39 is 12.5 Å². The summed E-state index contributed by atoms with van der Waals surface area (Å²) in [6.45, 7) is 2.32. The molecule has 0 bridgehead atoms. The first-order chi connectivity index (χ1) is 9.06. The van der Waals surface area contributed by atoms with Crippen molar-refractivity contribution in [3.8, 4) is 0 Å². The number of aliphatic hydroxyl groups is 1. The number of hydrogen-bond donors (Lipinski definition) is 3. The molecule has 0 aliphatic heterocycles. The molecular weight excluding hydrogens is 258 g/mol. The average molecular weight is 276 g/mol. The van der Waals surface area contributed by atoms with E-state index in [-0.39, 0.29) is 13.2 Å². The Morgan fingerprint density at radius 3 is 2.63 bits per heavy atom. The Hall–Kier alpha value is -1.54. The number of aromatic nitrogens is 2. The number of nitrogens with zero attached hydrogens (tertiary/aromatic N) is 2. The van der Waals surface area contributed by atoms with Gasteiger partial charge in [0.05, 0.1) is 0 Å². The van der Waals surface area contributed by atoms with Crippen molar-refractivity contribution in [3.63, 3.8) is 0 Å². The van der Waals surface area contributed by atoms with Crippen LogP contribution in [-0.2, 0) is 11.3 Å². The van der Waals surface area contributed by atoms with Gasteiger partial charge in [-0.1, -0.05) is 0 Å². The molecule has 0 aliphatic carbocycles. The van der Waals surface area contributed by atoms with Gasteiger partial charge >= 0.3 is 0 Å². The van der Waals surface area contributed by atoms with Crippen molar-refractivity contribution < 1.29 is 18.6 Å². The number of nitrogens with one attached hydrogen (secondary N) is 2. The molecule has 1 unspecified atom stereocenters. The second-order valence-corrected chi connectivity index (χ2v) is 3.72. The summed E-state index contributed by atoms with van der Waals surface area (Å²) in [7, 11) is 1.69. The first-order valence-electron chi connectivity index (χ1n) is 5.90. The summed E-state index contributed by atoms with van der Waals surface area (Å²) >= 11 is 0. The lowest BCUT2D eigenvalue weighted by atomic mass is 10.3. The quantitative estimate of drug-likeness (QED) is 0.659. The molecule has 19 heavy (non-hydrogen) atoms. The third kappa shape index (κ3) is 5.31. The lowest BCUT2D eigenvalue weighted by Gasteiger charge is -2.13. The number of ether oxygens (including phenoxy) is 1. The average Bonchev–Trinajstić information content (AvgIpc) is 2.42. The summed E-state index contributed by atoms with van der Waals surface area (Å²) in [6.07, 6.45) is -4.52. The van der Waals surface area contributed by atoms with Crippen molar-refractivity contribution in [3.05, 3.63) is 11.9 Å². The summed E-state index contributed by atoms with van der Waals surface area (Å²) in [4.78, 5) is 8.26. The Labute approximate surface area is 110 Å². The smallest absolute Gasteiger partial charge is 0.265 e. The van der Waals surface area contributed by atoms with E-state index in [1.807, 2.05) is 6.92 Å². The minimum Gasteiger partial charge on any atom is -0.385 e. The van der Waals surface area contributed by atoms with Gasteiger partial charge in [0.1, 0.15) is 24.3 Å². The highest BCUT2D eigenvalue weighted by atomic mass is 19.3. The second kappa shape index (κ2) is 7.80. The van der Waals surface area contributed by atoms with Gasteiger partial charge in [-0.15, -0.1) is 0 Å². The van der Waals surface area contributed by atoms with Gasteiger partial charge in [-0.3, -0.25) is 0 Å². The van der Waals surface area contributed by atoms with Gasteiger partial charge in [0, 0.05) is 26.3 Å². The molecule has 8 heteroatoms. The maximum Gasteiger partial charge on any atom is 0.265 e. The van der Waals surface area contributed by atoms with Crippen LogP contribution in [0.2, 0.25) is 0 Å². The molecule has 6 nitrogen and oxygen atoms in total. The van der Waals surface area contributed by atoms with Crippen LogP contribution in [0.5, 0.6) is 0 Å². The van der Waals surface area contributed by atoms with E-state index >= 15 is 0 Å². The van der Waals surface area contributed by atoms with Crippen LogP contribution in [-0.4, -0.2) is 47.8 Å². The molecule has 3 N–H and O–H groups in total. The van der Waals surface area contributed by atoms with Gasteiger partial charge in [0.15, 0.2) is 5.82 Å².